The molecule has 1 N–H and O–H groups in total. The largest absolute Gasteiger partial charge is 0.372 e. The highest BCUT2D eigenvalue weighted by Gasteiger charge is 2.31. The maximum absolute atomic E-state index is 12.5. The van der Waals surface area contributed by atoms with E-state index in [2.05, 4.69) is 15.6 Å². The van der Waals surface area contributed by atoms with Gasteiger partial charge in [-0.1, -0.05) is 5.21 Å². The molecule has 0 saturated carbocycles. The maximum atomic E-state index is 12.5. The van der Waals surface area contributed by atoms with Crippen LogP contribution in [0.3, 0.4) is 0 Å². The average molecular weight is 307 g/mol. The highest BCUT2D eigenvalue weighted by atomic mass is 16.5. The van der Waals surface area contributed by atoms with Gasteiger partial charge in [-0.15, -0.1) is 5.10 Å². The molecule has 2 aliphatic heterocycles. The summed E-state index contributed by atoms with van der Waals surface area (Å²) in [5.41, 5.74) is 0.138. The lowest BCUT2D eigenvalue weighted by molar-refractivity contribution is -0.0765. The molecule has 0 radical (unpaired) electrons. The van der Waals surface area contributed by atoms with E-state index in [-0.39, 0.29) is 11.5 Å². The zero-order chi connectivity index (χ0) is 15.6. The molecule has 3 rings (SSSR count). The van der Waals surface area contributed by atoms with Crippen molar-refractivity contribution in [1.29, 1.82) is 0 Å². The zero-order valence-electron chi connectivity index (χ0n) is 13.4. The van der Waals surface area contributed by atoms with Crippen LogP contribution < -0.4 is 5.32 Å². The van der Waals surface area contributed by atoms with Gasteiger partial charge in [-0.2, -0.15) is 0 Å². The minimum absolute atomic E-state index is 0.0515. The topological polar surface area (TPSA) is 72.3 Å². The lowest BCUT2D eigenvalue weighted by atomic mass is 10.00. The van der Waals surface area contributed by atoms with Crippen LogP contribution in [-0.2, 0) is 11.3 Å². The molecule has 3 heterocycles. The number of nitrogens with one attached hydrogen (secondary N) is 1. The van der Waals surface area contributed by atoms with Crippen molar-refractivity contribution in [3.63, 3.8) is 0 Å². The molecule has 1 unspecified atom stereocenters. The Bertz CT molecular complexity index is 522. The second-order valence-electron chi connectivity index (χ2n) is 6.87. The molecule has 1 atom stereocenters. The summed E-state index contributed by atoms with van der Waals surface area (Å²) in [7, 11) is 0. The average Bonchev–Trinajstić information content (AvgIpc) is 2.95. The third kappa shape index (κ3) is 3.64. The molecule has 7 heteroatoms. The molecule has 0 aromatic carbocycles. The number of nitrogens with zero attached hydrogens (tertiary/aromatic N) is 4. The molecule has 0 bridgehead atoms. The summed E-state index contributed by atoms with van der Waals surface area (Å²) >= 11 is 0. The van der Waals surface area contributed by atoms with Crippen molar-refractivity contribution < 1.29 is 9.53 Å². The zero-order valence-corrected chi connectivity index (χ0v) is 13.4. The highest BCUT2D eigenvalue weighted by Crippen LogP contribution is 2.18. The Morgan fingerprint density at radius 3 is 3.14 bits per heavy atom. The van der Waals surface area contributed by atoms with Crippen LogP contribution in [0, 0.1) is 5.92 Å². The molecular formula is C15H25N5O2. The van der Waals surface area contributed by atoms with E-state index < -0.39 is 0 Å². The van der Waals surface area contributed by atoms with E-state index in [9.17, 15) is 4.79 Å². The molecule has 22 heavy (non-hydrogen) atoms. The van der Waals surface area contributed by atoms with Gasteiger partial charge in [-0.05, 0) is 45.7 Å². The van der Waals surface area contributed by atoms with Crippen LogP contribution in [0.15, 0.2) is 6.20 Å². The van der Waals surface area contributed by atoms with Gasteiger partial charge in [-0.25, -0.2) is 0 Å². The number of rotatable bonds is 3. The van der Waals surface area contributed by atoms with Crippen LogP contribution in [0.25, 0.3) is 0 Å². The van der Waals surface area contributed by atoms with Gasteiger partial charge < -0.3 is 15.0 Å². The van der Waals surface area contributed by atoms with Crippen molar-refractivity contribution in [3.05, 3.63) is 11.9 Å². The van der Waals surface area contributed by atoms with Gasteiger partial charge in [-0.3, -0.25) is 9.48 Å². The van der Waals surface area contributed by atoms with Crippen LogP contribution in [0.1, 0.15) is 37.2 Å². The summed E-state index contributed by atoms with van der Waals surface area (Å²) in [6.45, 7) is 8.71. The van der Waals surface area contributed by atoms with E-state index in [1.54, 1.807) is 15.8 Å². The Morgan fingerprint density at radius 1 is 1.55 bits per heavy atom. The van der Waals surface area contributed by atoms with Crippen LogP contribution >= 0.6 is 0 Å². The fourth-order valence-electron chi connectivity index (χ4n) is 3.18. The van der Waals surface area contributed by atoms with Crippen molar-refractivity contribution in [2.75, 3.05) is 32.8 Å². The van der Waals surface area contributed by atoms with Crippen LogP contribution in [0.4, 0.5) is 0 Å². The predicted molar refractivity (Wildman–Crippen MR) is 81.6 cm³/mol. The van der Waals surface area contributed by atoms with E-state index in [1.165, 1.54) is 12.8 Å². The summed E-state index contributed by atoms with van der Waals surface area (Å²) in [6.07, 6.45) is 4.18. The van der Waals surface area contributed by atoms with Crippen LogP contribution in [-0.4, -0.2) is 64.2 Å². The second-order valence-corrected chi connectivity index (χ2v) is 6.87. The summed E-state index contributed by atoms with van der Waals surface area (Å²) in [4.78, 5) is 14.3. The first-order valence-electron chi connectivity index (χ1n) is 8.08. The number of carbonyl (C=O) groups excluding carboxylic acids is 1. The van der Waals surface area contributed by atoms with E-state index in [1.807, 2.05) is 13.8 Å². The van der Waals surface area contributed by atoms with Gasteiger partial charge in [0.2, 0.25) is 0 Å². The predicted octanol–water partition coefficient (Wildman–Crippen LogP) is 0.529. The Hall–Kier alpha value is -1.47. The Balaban J connectivity index is 1.61. The van der Waals surface area contributed by atoms with Crippen LogP contribution in [0.5, 0.6) is 0 Å². The van der Waals surface area contributed by atoms with Crippen molar-refractivity contribution in [2.24, 2.45) is 5.92 Å². The van der Waals surface area contributed by atoms with E-state index in [0.29, 0.717) is 31.3 Å². The fourth-order valence-corrected chi connectivity index (χ4v) is 3.18. The lowest BCUT2D eigenvalue weighted by Crippen LogP contribution is -2.50. The number of aromatic nitrogens is 3. The summed E-state index contributed by atoms with van der Waals surface area (Å²) in [5.74, 6) is 0.519. The molecule has 1 aromatic rings. The van der Waals surface area contributed by atoms with Crippen molar-refractivity contribution >= 4 is 5.91 Å². The molecule has 1 amide bonds. The molecule has 0 aliphatic carbocycles. The Kier molecular flexibility index (Phi) is 4.44. The second kappa shape index (κ2) is 6.34. The molecule has 122 valence electrons. The maximum Gasteiger partial charge on any atom is 0.276 e. The van der Waals surface area contributed by atoms with Gasteiger partial charge >= 0.3 is 0 Å². The molecule has 2 fully saturated rings. The Morgan fingerprint density at radius 2 is 2.41 bits per heavy atom. The third-order valence-corrected chi connectivity index (χ3v) is 4.31. The monoisotopic (exact) mass is 307 g/mol. The van der Waals surface area contributed by atoms with Gasteiger partial charge in [0.1, 0.15) is 0 Å². The number of piperidine rings is 1. The summed E-state index contributed by atoms with van der Waals surface area (Å²) in [5, 5.41) is 11.6. The minimum atomic E-state index is -0.294. The lowest BCUT2D eigenvalue weighted by Gasteiger charge is -2.37. The summed E-state index contributed by atoms with van der Waals surface area (Å²) in [6, 6.07) is 0. The molecule has 0 spiro atoms. The molecule has 1 aromatic heterocycles. The number of ether oxygens (including phenoxy) is 1. The number of hydrogen-bond donors (Lipinski definition) is 1. The minimum Gasteiger partial charge on any atom is -0.372 e. The molecule has 7 nitrogen and oxygen atoms in total. The highest BCUT2D eigenvalue weighted by molar-refractivity contribution is 5.92. The van der Waals surface area contributed by atoms with Crippen molar-refractivity contribution in [2.45, 2.75) is 38.8 Å². The molecular weight excluding hydrogens is 282 g/mol. The summed E-state index contributed by atoms with van der Waals surface area (Å²) < 4.78 is 7.45. The van der Waals surface area contributed by atoms with E-state index in [4.69, 9.17) is 4.74 Å². The quantitative estimate of drug-likeness (QED) is 0.882. The fraction of sp³-hybridized carbons (Fsp3) is 0.800. The SMILES string of the molecule is CC1(C)CN(C(=O)c2cn(CC3CCCNC3)nn2)CCO1. The first-order chi connectivity index (χ1) is 10.5. The van der Waals surface area contributed by atoms with Gasteiger partial charge in [0.05, 0.1) is 18.4 Å². The number of carbonyl (C=O) groups is 1. The number of hydrogen-bond acceptors (Lipinski definition) is 5. The van der Waals surface area contributed by atoms with Gasteiger partial charge in [0.15, 0.2) is 5.69 Å². The normalized spacial score (nSPS) is 25.2. The first kappa shape index (κ1) is 15.4. The Labute approximate surface area is 131 Å². The molecule has 2 saturated heterocycles. The number of amides is 1. The van der Waals surface area contributed by atoms with E-state index >= 15 is 0 Å². The van der Waals surface area contributed by atoms with E-state index in [0.717, 1.165) is 19.6 Å². The molecule has 2 aliphatic rings. The third-order valence-electron chi connectivity index (χ3n) is 4.31. The first-order valence-corrected chi connectivity index (χ1v) is 8.08. The van der Waals surface area contributed by atoms with Crippen molar-refractivity contribution in [3.8, 4) is 0 Å². The van der Waals surface area contributed by atoms with Crippen LogP contribution in [0.2, 0.25) is 0 Å². The standard InChI is InChI=1S/C15H25N5O2/c1-15(2)11-19(6-7-22-15)14(21)13-10-20(18-17-13)9-12-4-3-5-16-8-12/h10,12,16H,3-9,11H2,1-2H3. The van der Waals surface area contributed by atoms with Gasteiger partial charge in [0, 0.05) is 19.6 Å². The van der Waals surface area contributed by atoms with Gasteiger partial charge in [0.25, 0.3) is 5.91 Å². The number of morpholine rings is 1. The smallest absolute Gasteiger partial charge is 0.276 e. The van der Waals surface area contributed by atoms with Crippen molar-refractivity contribution in [1.82, 2.24) is 25.2 Å².